The molecule has 0 bridgehead atoms. The van der Waals surface area contributed by atoms with Crippen LogP contribution in [0.1, 0.15) is 35.7 Å². The van der Waals surface area contributed by atoms with Gasteiger partial charge in [-0.05, 0) is 41.8 Å². The summed E-state index contributed by atoms with van der Waals surface area (Å²) in [5.74, 6) is 0.799. The van der Waals surface area contributed by atoms with Crippen LogP contribution in [0.15, 0.2) is 34.8 Å². The van der Waals surface area contributed by atoms with Crippen molar-refractivity contribution in [1.29, 1.82) is 0 Å². The second-order valence-electron chi connectivity index (χ2n) is 6.54. The summed E-state index contributed by atoms with van der Waals surface area (Å²) < 4.78 is 22.2. The lowest BCUT2D eigenvalue weighted by atomic mass is 10.0. The van der Waals surface area contributed by atoms with Crippen molar-refractivity contribution < 1.29 is 28.5 Å². The van der Waals surface area contributed by atoms with Gasteiger partial charge in [0.2, 0.25) is 5.75 Å². The van der Waals surface area contributed by atoms with Crippen molar-refractivity contribution in [1.82, 2.24) is 10.9 Å². The van der Waals surface area contributed by atoms with Crippen LogP contribution in [0.4, 0.5) is 0 Å². The molecule has 0 aliphatic heterocycles. The number of benzene rings is 2. The smallest absolute Gasteiger partial charge is 0.276 e. The number of carbonyl (C=O) groups is 2. The first-order chi connectivity index (χ1) is 14.3. The molecule has 0 aliphatic carbocycles. The highest BCUT2D eigenvalue weighted by Crippen LogP contribution is 2.38. The van der Waals surface area contributed by atoms with Crippen LogP contribution in [0.3, 0.4) is 0 Å². The van der Waals surface area contributed by atoms with E-state index in [9.17, 15) is 9.59 Å². The van der Waals surface area contributed by atoms with E-state index in [1.165, 1.54) is 33.5 Å². The topological polar surface area (TPSA) is 95.1 Å². The third-order valence-electron chi connectivity index (χ3n) is 4.19. The highest BCUT2D eigenvalue weighted by atomic mass is 79.9. The van der Waals surface area contributed by atoms with E-state index in [1.54, 1.807) is 6.07 Å². The molecule has 0 fully saturated rings. The van der Waals surface area contributed by atoms with Crippen molar-refractivity contribution >= 4 is 27.7 Å². The molecule has 2 rings (SSSR count). The van der Waals surface area contributed by atoms with Crippen LogP contribution >= 0.6 is 15.9 Å². The van der Waals surface area contributed by atoms with Gasteiger partial charge in [-0.15, -0.1) is 0 Å². The number of hydrogen-bond acceptors (Lipinski definition) is 6. The maximum absolute atomic E-state index is 12.4. The van der Waals surface area contributed by atoms with Crippen molar-refractivity contribution in [2.45, 2.75) is 19.8 Å². The van der Waals surface area contributed by atoms with Crippen molar-refractivity contribution in [2.75, 3.05) is 27.9 Å². The van der Waals surface area contributed by atoms with E-state index in [-0.39, 0.29) is 18.1 Å². The Morgan fingerprint density at radius 3 is 2.10 bits per heavy atom. The van der Waals surface area contributed by atoms with E-state index in [1.807, 2.05) is 26.0 Å². The Morgan fingerprint density at radius 2 is 1.57 bits per heavy atom. The lowest BCUT2D eigenvalue weighted by Crippen LogP contribution is -2.43. The second kappa shape index (κ2) is 10.7. The predicted molar refractivity (Wildman–Crippen MR) is 115 cm³/mol. The molecule has 0 heterocycles. The third kappa shape index (κ3) is 5.79. The molecule has 162 valence electrons. The number of carbonyl (C=O) groups excluding carboxylic acids is 2. The number of nitrogens with one attached hydrogen (secondary N) is 2. The summed E-state index contributed by atoms with van der Waals surface area (Å²) in [4.78, 5) is 24.5. The van der Waals surface area contributed by atoms with E-state index in [0.29, 0.717) is 23.0 Å². The van der Waals surface area contributed by atoms with Gasteiger partial charge in [-0.25, -0.2) is 0 Å². The summed E-state index contributed by atoms with van der Waals surface area (Å²) in [5, 5.41) is 0. The minimum atomic E-state index is -0.547. The minimum Gasteiger partial charge on any atom is -0.493 e. The maximum atomic E-state index is 12.4. The molecule has 0 aliphatic rings. The largest absolute Gasteiger partial charge is 0.493 e. The van der Waals surface area contributed by atoms with Crippen molar-refractivity contribution in [3.05, 3.63) is 45.9 Å². The van der Waals surface area contributed by atoms with Gasteiger partial charge >= 0.3 is 0 Å². The van der Waals surface area contributed by atoms with E-state index in [0.717, 1.165) is 10.0 Å². The summed E-state index contributed by atoms with van der Waals surface area (Å²) in [5.41, 5.74) is 5.87. The van der Waals surface area contributed by atoms with Gasteiger partial charge in [-0.2, -0.15) is 0 Å². The molecule has 0 atom stereocenters. The van der Waals surface area contributed by atoms with Crippen LogP contribution in [0.25, 0.3) is 0 Å². The van der Waals surface area contributed by atoms with Gasteiger partial charge in [-0.1, -0.05) is 29.8 Å². The van der Waals surface area contributed by atoms with E-state index < -0.39 is 11.8 Å². The molecule has 0 radical (unpaired) electrons. The molecule has 0 unspecified atom stereocenters. The quantitative estimate of drug-likeness (QED) is 0.561. The molecule has 0 saturated carbocycles. The molecule has 0 spiro atoms. The van der Waals surface area contributed by atoms with E-state index in [4.69, 9.17) is 18.9 Å². The summed E-state index contributed by atoms with van der Waals surface area (Å²) in [6.07, 6.45) is 0. The molecule has 30 heavy (non-hydrogen) atoms. The summed E-state index contributed by atoms with van der Waals surface area (Å²) in [6, 6.07) is 8.54. The van der Waals surface area contributed by atoms with Crippen LogP contribution < -0.4 is 29.8 Å². The van der Waals surface area contributed by atoms with Gasteiger partial charge < -0.3 is 18.9 Å². The Kier molecular flexibility index (Phi) is 8.35. The zero-order valence-corrected chi connectivity index (χ0v) is 19.1. The van der Waals surface area contributed by atoms with E-state index >= 15 is 0 Å². The fraction of sp³-hybridized carbons (Fsp3) is 0.333. The molecular weight excluding hydrogens is 456 g/mol. The van der Waals surface area contributed by atoms with Gasteiger partial charge in [-0.3, -0.25) is 20.4 Å². The average Bonchev–Trinajstić information content (AvgIpc) is 2.75. The molecule has 2 amide bonds. The molecule has 8 nitrogen and oxygen atoms in total. The maximum Gasteiger partial charge on any atom is 0.276 e. The van der Waals surface area contributed by atoms with Crippen LogP contribution in [0, 0.1) is 0 Å². The fourth-order valence-electron chi connectivity index (χ4n) is 2.69. The van der Waals surface area contributed by atoms with Crippen molar-refractivity contribution in [3.8, 4) is 23.0 Å². The first kappa shape index (κ1) is 23.3. The van der Waals surface area contributed by atoms with Crippen LogP contribution in [-0.2, 0) is 4.79 Å². The first-order valence-corrected chi connectivity index (χ1v) is 9.91. The number of halogens is 1. The fourth-order valence-corrected chi connectivity index (χ4v) is 3.07. The average molecular weight is 481 g/mol. The zero-order valence-electron chi connectivity index (χ0n) is 17.5. The van der Waals surface area contributed by atoms with Gasteiger partial charge in [0.1, 0.15) is 5.75 Å². The Labute approximate surface area is 183 Å². The molecular formula is C21H25BrN2O6. The van der Waals surface area contributed by atoms with Gasteiger partial charge in [0.05, 0.1) is 21.3 Å². The molecule has 2 aromatic carbocycles. The van der Waals surface area contributed by atoms with Gasteiger partial charge in [0, 0.05) is 10.0 Å². The lowest BCUT2D eigenvalue weighted by Gasteiger charge is -2.15. The molecule has 9 heteroatoms. The predicted octanol–water partition coefficient (Wildman–Crippen LogP) is 3.44. The van der Waals surface area contributed by atoms with Gasteiger partial charge in [0.25, 0.3) is 11.8 Å². The van der Waals surface area contributed by atoms with Crippen molar-refractivity contribution in [3.63, 3.8) is 0 Å². The van der Waals surface area contributed by atoms with Crippen molar-refractivity contribution in [2.24, 2.45) is 0 Å². The Bertz CT molecular complexity index is 891. The first-order valence-electron chi connectivity index (χ1n) is 9.12. The third-order valence-corrected chi connectivity index (χ3v) is 4.69. The summed E-state index contributed by atoms with van der Waals surface area (Å²) in [7, 11) is 4.37. The Morgan fingerprint density at radius 1 is 0.933 bits per heavy atom. The molecule has 2 aromatic rings. The normalized spacial score (nSPS) is 10.4. The highest BCUT2D eigenvalue weighted by molar-refractivity contribution is 9.10. The number of amides is 2. The molecule has 2 N–H and O–H groups in total. The monoisotopic (exact) mass is 480 g/mol. The number of hydrazine groups is 1. The Hall–Kier alpha value is -2.94. The molecule has 0 saturated heterocycles. The minimum absolute atomic E-state index is 0.222. The second-order valence-corrected chi connectivity index (χ2v) is 7.46. The standard InChI is InChI=1S/C21H25BrN2O6/c1-12(2)15-10-14(22)6-7-16(15)30-11-19(25)23-24-21(26)13-8-17(27-3)20(29-5)18(9-13)28-4/h6-10,12H,11H2,1-5H3,(H,23,25)(H,24,26). The van der Waals surface area contributed by atoms with Gasteiger partial charge in [0.15, 0.2) is 18.1 Å². The highest BCUT2D eigenvalue weighted by Gasteiger charge is 2.17. The number of ether oxygens (including phenoxy) is 4. The number of hydrogen-bond donors (Lipinski definition) is 2. The summed E-state index contributed by atoms with van der Waals surface area (Å²) in [6.45, 7) is 3.82. The molecule has 0 aromatic heterocycles. The SMILES string of the molecule is COc1cc(C(=O)NNC(=O)COc2ccc(Br)cc2C(C)C)cc(OC)c1OC. The van der Waals surface area contributed by atoms with E-state index in [2.05, 4.69) is 26.8 Å². The van der Waals surface area contributed by atoms with Crippen LogP contribution in [0.5, 0.6) is 23.0 Å². The van der Waals surface area contributed by atoms with Crippen LogP contribution in [0.2, 0.25) is 0 Å². The summed E-state index contributed by atoms with van der Waals surface area (Å²) >= 11 is 3.43. The Balaban J connectivity index is 1.99. The number of methoxy groups -OCH3 is 3. The number of rotatable bonds is 8. The van der Waals surface area contributed by atoms with Crippen LogP contribution in [-0.4, -0.2) is 39.8 Å². The zero-order chi connectivity index (χ0) is 22.3. The lowest BCUT2D eigenvalue weighted by molar-refractivity contribution is -0.123.